The quantitative estimate of drug-likeness (QED) is 0.905. The van der Waals surface area contributed by atoms with Gasteiger partial charge in [0.2, 0.25) is 0 Å². The number of piperidine rings is 1. The third kappa shape index (κ3) is 3.09. The first-order valence-electron chi connectivity index (χ1n) is 6.36. The van der Waals surface area contributed by atoms with Gasteiger partial charge in [0.1, 0.15) is 5.69 Å². The van der Waals surface area contributed by atoms with E-state index in [4.69, 9.17) is 5.11 Å². The van der Waals surface area contributed by atoms with Crippen LogP contribution in [0.1, 0.15) is 28.9 Å². The lowest BCUT2D eigenvalue weighted by molar-refractivity contribution is -0.138. The summed E-state index contributed by atoms with van der Waals surface area (Å²) in [4.78, 5) is 17.1. The van der Waals surface area contributed by atoms with Crippen molar-refractivity contribution in [3.63, 3.8) is 0 Å². The third-order valence-corrected chi connectivity index (χ3v) is 3.48. The number of aliphatic hydroxyl groups is 1. The van der Waals surface area contributed by atoms with E-state index in [0.717, 1.165) is 12.1 Å². The predicted molar refractivity (Wildman–Crippen MR) is 65.0 cm³/mol. The lowest BCUT2D eigenvalue weighted by atomic mass is 9.97. The van der Waals surface area contributed by atoms with Crippen LogP contribution < -0.4 is 0 Å². The van der Waals surface area contributed by atoms with Crippen LogP contribution in [0.15, 0.2) is 18.3 Å². The number of hydrogen-bond donors (Lipinski definition) is 1. The Balaban J connectivity index is 2.18. The molecule has 0 aromatic carbocycles. The molecule has 1 N–H and O–H groups in total. The molecule has 0 unspecified atom stereocenters. The smallest absolute Gasteiger partial charge is 0.396 e. The number of carbonyl (C=O) groups excluding carboxylic acids is 1. The highest BCUT2D eigenvalue weighted by Gasteiger charge is 2.37. The Morgan fingerprint density at radius 2 is 2.05 bits per heavy atom. The van der Waals surface area contributed by atoms with E-state index in [1.54, 1.807) is 0 Å². The molecule has 1 aromatic rings. The van der Waals surface area contributed by atoms with Crippen LogP contribution in [0.4, 0.5) is 13.2 Å². The van der Waals surface area contributed by atoms with E-state index >= 15 is 0 Å². The Labute approximate surface area is 114 Å². The van der Waals surface area contributed by atoms with Gasteiger partial charge in [-0.1, -0.05) is 0 Å². The fourth-order valence-electron chi connectivity index (χ4n) is 2.27. The van der Waals surface area contributed by atoms with Gasteiger partial charge in [0, 0.05) is 25.9 Å². The summed E-state index contributed by atoms with van der Waals surface area (Å²) in [5, 5.41) is 9.02. The number of amides is 1. The molecule has 1 saturated heterocycles. The van der Waals surface area contributed by atoms with Crippen molar-refractivity contribution in [3.8, 4) is 0 Å². The number of aliphatic hydroxyl groups excluding tert-OH is 1. The van der Waals surface area contributed by atoms with Crippen molar-refractivity contribution in [1.82, 2.24) is 9.88 Å². The van der Waals surface area contributed by atoms with Crippen molar-refractivity contribution in [3.05, 3.63) is 29.6 Å². The van der Waals surface area contributed by atoms with Crippen molar-refractivity contribution >= 4 is 5.91 Å². The van der Waals surface area contributed by atoms with Crippen LogP contribution in [0.25, 0.3) is 0 Å². The van der Waals surface area contributed by atoms with E-state index in [2.05, 4.69) is 4.98 Å². The average molecular weight is 288 g/mol. The van der Waals surface area contributed by atoms with Gasteiger partial charge in [-0.15, -0.1) is 0 Å². The number of pyridine rings is 1. The summed E-state index contributed by atoms with van der Waals surface area (Å²) in [6, 6.07) is 2.03. The SMILES string of the molecule is O=C(c1ncccc1C(F)(F)F)N1CCC(CO)CC1. The monoisotopic (exact) mass is 288 g/mol. The second kappa shape index (κ2) is 5.78. The molecule has 0 saturated carbocycles. The Bertz CT molecular complexity index is 483. The zero-order valence-electron chi connectivity index (χ0n) is 10.7. The molecule has 7 heteroatoms. The van der Waals surface area contributed by atoms with Crippen LogP contribution in [-0.4, -0.2) is 40.6 Å². The van der Waals surface area contributed by atoms with Gasteiger partial charge in [-0.05, 0) is 30.9 Å². The predicted octanol–water partition coefficient (Wildman–Crippen LogP) is 1.94. The molecule has 2 rings (SSSR count). The van der Waals surface area contributed by atoms with Crippen molar-refractivity contribution in [2.75, 3.05) is 19.7 Å². The molecular weight excluding hydrogens is 273 g/mol. The highest BCUT2D eigenvalue weighted by atomic mass is 19.4. The van der Waals surface area contributed by atoms with E-state index < -0.39 is 23.3 Å². The minimum Gasteiger partial charge on any atom is -0.396 e. The normalized spacial score (nSPS) is 17.3. The second-order valence-electron chi connectivity index (χ2n) is 4.82. The van der Waals surface area contributed by atoms with Gasteiger partial charge in [0.25, 0.3) is 5.91 Å². The van der Waals surface area contributed by atoms with Crippen LogP contribution in [0, 0.1) is 5.92 Å². The number of alkyl halides is 3. The van der Waals surface area contributed by atoms with Crippen LogP contribution in [0.5, 0.6) is 0 Å². The first kappa shape index (κ1) is 14.8. The number of hydrogen-bond acceptors (Lipinski definition) is 3. The first-order chi connectivity index (χ1) is 9.43. The minimum absolute atomic E-state index is 0.0411. The molecule has 0 aliphatic carbocycles. The largest absolute Gasteiger partial charge is 0.418 e. The molecular formula is C13H15F3N2O2. The Hall–Kier alpha value is -1.63. The Kier molecular flexibility index (Phi) is 4.27. The van der Waals surface area contributed by atoms with Gasteiger partial charge in [-0.2, -0.15) is 13.2 Å². The molecule has 1 aromatic heterocycles. The molecule has 0 bridgehead atoms. The van der Waals surface area contributed by atoms with Crippen LogP contribution >= 0.6 is 0 Å². The highest BCUT2D eigenvalue weighted by molar-refractivity contribution is 5.94. The van der Waals surface area contributed by atoms with Crippen LogP contribution in [0.2, 0.25) is 0 Å². The van der Waals surface area contributed by atoms with Crippen molar-refractivity contribution < 1.29 is 23.1 Å². The number of aromatic nitrogens is 1. The maximum absolute atomic E-state index is 12.8. The summed E-state index contributed by atoms with van der Waals surface area (Å²) in [7, 11) is 0. The molecule has 4 nitrogen and oxygen atoms in total. The van der Waals surface area contributed by atoms with E-state index in [0.29, 0.717) is 25.9 Å². The molecule has 1 aliphatic rings. The van der Waals surface area contributed by atoms with Gasteiger partial charge in [0.15, 0.2) is 0 Å². The number of halogens is 3. The summed E-state index contributed by atoms with van der Waals surface area (Å²) >= 11 is 0. The third-order valence-electron chi connectivity index (χ3n) is 3.48. The highest BCUT2D eigenvalue weighted by Crippen LogP contribution is 2.31. The van der Waals surface area contributed by atoms with Gasteiger partial charge in [-0.3, -0.25) is 9.78 Å². The van der Waals surface area contributed by atoms with E-state index in [1.807, 2.05) is 0 Å². The van der Waals surface area contributed by atoms with Crippen molar-refractivity contribution in [2.45, 2.75) is 19.0 Å². The molecule has 0 radical (unpaired) electrons. The average Bonchev–Trinajstić information content (AvgIpc) is 2.46. The zero-order valence-corrected chi connectivity index (χ0v) is 10.7. The van der Waals surface area contributed by atoms with Gasteiger partial charge in [0.05, 0.1) is 5.56 Å². The fraction of sp³-hybridized carbons (Fsp3) is 0.538. The second-order valence-corrected chi connectivity index (χ2v) is 4.82. The lowest BCUT2D eigenvalue weighted by Crippen LogP contribution is -2.40. The first-order valence-corrected chi connectivity index (χ1v) is 6.36. The molecule has 20 heavy (non-hydrogen) atoms. The van der Waals surface area contributed by atoms with E-state index in [1.165, 1.54) is 11.1 Å². The minimum atomic E-state index is -4.59. The number of carbonyl (C=O) groups is 1. The van der Waals surface area contributed by atoms with Gasteiger partial charge >= 0.3 is 6.18 Å². The standard InChI is InChI=1S/C13H15F3N2O2/c14-13(15,16)10-2-1-5-17-11(10)12(20)18-6-3-9(8-19)4-7-18/h1-2,5,9,19H,3-4,6-8H2. The topological polar surface area (TPSA) is 53.4 Å². The molecule has 110 valence electrons. The maximum Gasteiger partial charge on any atom is 0.418 e. The van der Waals surface area contributed by atoms with Gasteiger partial charge in [-0.25, -0.2) is 0 Å². The van der Waals surface area contributed by atoms with Gasteiger partial charge < -0.3 is 10.0 Å². The van der Waals surface area contributed by atoms with Crippen molar-refractivity contribution in [1.29, 1.82) is 0 Å². The van der Waals surface area contributed by atoms with E-state index in [9.17, 15) is 18.0 Å². The Morgan fingerprint density at radius 1 is 1.40 bits per heavy atom. The Morgan fingerprint density at radius 3 is 2.60 bits per heavy atom. The van der Waals surface area contributed by atoms with E-state index in [-0.39, 0.29) is 12.5 Å². The zero-order chi connectivity index (χ0) is 14.8. The molecule has 1 amide bonds. The van der Waals surface area contributed by atoms with Crippen LogP contribution in [0.3, 0.4) is 0 Å². The number of rotatable bonds is 2. The molecule has 1 fully saturated rings. The summed E-state index contributed by atoms with van der Waals surface area (Å²) < 4.78 is 38.5. The van der Waals surface area contributed by atoms with Crippen LogP contribution in [-0.2, 0) is 6.18 Å². The summed E-state index contributed by atoms with van der Waals surface area (Å²) in [5.41, 5.74) is -1.56. The number of likely N-dealkylation sites (tertiary alicyclic amines) is 1. The summed E-state index contributed by atoms with van der Waals surface area (Å²) in [6.07, 6.45) is -2.22. The molecule has 2 heterocycles. The van der Waals surface area contributed by atoms with Crippen molar-refractivity contribution in [2.24, 2.45) is 5.92 Å². The molecule has 0 spiro atoms. The molecule has 0 atom stereocenters. The summed E-state index contributed by atoms with van der Waals surface area (Å²) in [6.45, 7) is 0.731. The molecule has 1 aliphatic heterocycles. The fourth-order valence-corrected chi connectivity index (χ4v) is 2.27. The maximum atomic E-state index is 12.8. The summed E-state index contributed by atoms with van der Waals surface area (Å²) in [5.74, 6) is -0.584. The lowest BCUT2D eigenvalue weighted by Gasteiger charge is -2.31. The number of nitrogens with zero attached hydrogens (tertiary/aromatic N) is 2.